The van der Waals surface area contributed by atoms with Gasteiger partial charge in [-0.1, -0.05) is 12.2 Å². The van der Waals surface area contributed by atoms with E-state index in [1.54, 1.807) is 0 Å². The van der Waals surface area contributed by atoms with Crippen molar-refractivity contribution in [2.75, 3.05) is 39.8 Å². The molecule has 1 heterocycles. The van der Waals surface area contributed by atoms with Crippen LogP contribution in [0.5, 0.6) is 0 Å². The second-order valence-corrected chi connectivity index (χ2v) is 5.11. The molecule has 2 heteroatoms. The van der Waals surface area contributed by atoms with Gasteiger partial charge in [-0.2, -0.15) is 0 Å². The molecule has 1 aliphatic carbocycles. The molecular weight excluding hydrogens is 184 g/mol. The van der Waals surface area contributed by atoms with E-state index in [0.29, 0.717) is 0 Å². The molecule has 0 aromatic carbocycles. The molecule has 1 saturated heterocycles. The maximum Gasteiger partial charge on any atom is 0.0109 e. The third kappa shape index (κ3) is 3.62. The molecule has 1 fully saturated rings. The first-order valence-electron chi connectivity index (χ1n) is 6.40. The van der Waals surface area contributed by atoms with E-state index in [4.69, 9.17) is 0 Å². The van der Waals surface area contributed by atoms with E-state index in [2.05, 4.69) is 29.0 Å². The van der Waals surface area contributed by atoms with E-state index < -0.39 is 0 Å². The van der Waals surface area contributed by atoms with Gasteiger partial charge < -0.3 is 9.80 Å². The van der Waals surface area contributed by atoms with Gasteiger partial charge in [0, 0.05) is 19.6 Å². The topological polar surface area (TPSA) is 6.48 Å². The molecule has 86 valence electrons. The molecule has 0 radical (unpaired) electrons. The molecule has 1 atom stereocenters. The fourth-order valence-corrected chi connectivity index (χ4v) is 2.67. The van der Waals surface area contributed by atoms with Gasteiger partial charge >= 0.3 is 0 Å². The number of rotatable bonds is 2. The predicted molar refractivity (Wildman–Crippen MR) is 65.0 cm³/mol. The van der Waals surface area contributed by atoms with E-state index >= 15 is 0 Å². The van der Waals surface area contributed by atoms with Crippen molar-refractivity contribution >= 4 is 0 Å². The van der Waals surface area contributed by atoms with Crippen LogP contribution in [0.2, 0.25) is 0 Å². The zero-order valence-electron chi connectivity index (χ0n) is 9.99. The average molecular weight is 208 g/mol. The smallest absolute Gasteiger partial charge is 0.0109 e. The van der Waals surface area contributed by atoms with Crippen molar-refractivity contribution in [2.24, 2.45) is 5.92 Å². The normalized spacial score (nSPS) is 30.3. The van der Waals surface area contributed by atoms with Gasteiger partial charge in [0.15, 0.2) is 0 Å². The van der Waals surface area contributed by atoms with Crippen LogP contribution in [-0.2, 0) is 0 Å². The molecule has 0 spiro atoms. The lowest BCUT2D eigenvalue weighted by molar-refractivity contribution is 0.228. The summed E-state index contributed by atoms with van der Waals surface area (Å²) in [5.74, 6) is 0.929. The van der Waals surface area contributed by atoms with Gasteiger partial charge in [0.25, 0.3) is 0 Å². The molecule has 2 rings (SSSR count). The Morgan fingerprint density at radius 1 is 1.13 bits per heavy atom. The quantitative estimate of drug-likeness (QED) is 0.640. The lowest BCUT2D eigenvalue weighted by Crippen LogP contribution is -2.33. The van der Waals surface area contributed by atoms with E-state index in [1.165, 1.54) is 58.4 Å². The Morgan fingerprint density at radius 3 is 2.87 bits per heavy atom. The maximum absolute atomic E-state index is 2.67. The summed E-state index contributed by atoms with van der Waals surface area (Å²) >= 11 is 0. The van der Waals surface area contributed by atoms with Crippen molar-refractivity contribution < 1.29 is 0 Å². The van der Waals surface area contributed by atoms with Crippen molar-refractivity contribution in [3.63, 3.8) is 0 Å². The molecule has 0 aromatic heterocycles. The van der Waals surface area contributed by atoms with Crippen LogP contribution in [0.25, 0.3) is 0 Å². The van der Waals surface area contributed by atoms with Crippen LogP contribution >= 0.6 is 0 Å². The Morgan fingerprint density at radius 2 is 2.07 bits per heavy atom. The molecule has 1 aliphatic heterocycles. The van der Waals surface area contributed by atoms with E-state index in [1.807, 2.05) is 0 Å². The van der Waals surface area contributed by atoms with Crippen LogP contribution in [0.15, 0.2) is 12.2 Å². The Bertz CT molecular complexity index is 213. The van der Waals surface area contributed by atoms with Gasteiger partial charge in [-0.05, 0) is 51.7 Å². The summed E-state index contributed by atoms with van der Waals surface area (Å²) in [7, 11) is 2.24. The fourth-order valence-electron chi connectivity index (χ4n) is 2.67. The minimum atomic E-state index is 0.929. The molecule has 0 aromatic rings. The Kier molecular flexibility index (Phi) is 4.21. The van der Waals surface area contributed by atoms with Crippen molar-refractivity contribution in [1.82, 2.24) is 9.80 Å². The monoisotopic (exact) mass is 208 g/mol. The second kappa shape index (κ2) is 5.66. The Hall–Kier alpha value is -0.340. The third-order valence-electron chi connectivity index (χ3n) is 3.71. The molecular formula is C13H24N2. The maximum atomic E-state index is 2.67. The van der Waals surface area contributed by atoms with Crippen LogP contribution < -0.4 is 0 Å². The lowest BCUT2D eigenvalue weighted by atomic mass is 9.94. The molecule has 15 heavy (non-hydrogen) atoms. The minimum Gasteiger partial charge on any atom is -0.305 e. The van der Waals surface area contributed by atoms with Crippen molar-refractivity contribution in [3.05, 3.63) is 12.2 Å². The fraction of sp³-hybridized carbons (Fsp3) is 0.846. The first-order chi connectivity index (χ1) is 7.34. The van der Waals surface area contributed by atoms with Crippen LogP contribution in [0, 0.1) is 5.92 Å². The predicted octanol–water partition coefficient (Wildman–Crippen LogP) is 1.98. The number of hydrogen-bond acceptors (Lipinski definition) is 2. The average Bonchev–Trinajstić information content (AvgIpc) is 2.46. The van der Waals surface area contributed by atoms with E-state index in [-0.39, 0.29) is 0 Å². The van der Waals surface area contributed by atoms with Crippen LogP contribution in [0.3, 0.4) is 0 Å². The number of hydrogen-bond donors (Lipinski definition) is 0. The molecule has 0 bridgehead atoms. The standard InChI is InChI=1S/C13H24N2/c1-14-8-5-9-15(11-10-14)12-13-6-3-2-4-7-13/h2-3,13H,4-12H2,1H3/t13-/m0/s1. The van der Waals surface area contributed by atoms with Crippen molar-refractivity contribution in [3.8, 4) is 0 Å². The molecule has 0 amide bonds. The second-order valence-electron chi connectivity index (χ2n) is 5.11. The third-order valence-corrected chi connectivity index (χ3v) is 3.71. The summed E-state index contributed by atoms with van der Waals surface area (Å²) in [6.45, 7) is 6.45. The van der Waals surface area contributed by atoms with Crippen molar-refractivity contribution in [2.45, 2.75) is 25.7 Å². The Labute approximate surface area is 93.9 Å². The molecule has 0 saturated carbocycles. The summed E-state index contributed by atoms with van der Waals surface area (Å²) in [6.07, 6.45) is 10.1. The Balaban J connectivity index is 1.75. The minimum absolute atomic E-state index is 0.929. The zero-order chi connectivity index (χ0) is 10.5. The van der Waals surface area contributed by atoms with Crippen LogP contribution in [0.4, 0.5) is 0 Å². The summed E-state index contributed by atoms with van der Waals surface area (Å²) in [5, 5.41) is 0. The highest BCUT2D eigenvalue weighted by Crippen LogP contribution is 2.19. The highest BCUT2D eigenvalue weighted by molar-refractivity contribution is 4.91. The van der Waals surface area contributed by atoms with Crippen molar-refractivity contribution in [1.29, 1.82) is 0 Å². The zero-order valence-corrected chi connectivity index (χ0v) is 9.99. The first kappa shape index (κ1) is 11.2. The van der Waals surface area contributed by atoms with Gasteiger partial charge in [-0.25, -0.2) is 0 Å². The summed E-state index contributed by atoms with van der Waals surface area (Å²) < 4.78 is 0. The summed E-state index contributed by atoms with van der Waals surface area (Å²) in [4.78, 5) is 5.13. The lowest BCUT2D eigenvalue weighted by Gasteiger charge is -2.26. The highest BCUT2D eigenvalue weighted by Gasteiger charge is 2.17. The van der Waals surface area contributed by atoms with E-state index in [9.17, 15) is 0 Å². The summed E-state index contributed by atoms with van der Waals surface area (Å²) in [5.41, 5.74) is 0. The highest BCUT2D eigenvalue weighted by atomic mass is 15.2. The number of allylic oxidation sites excluding steroid dienone is 2. The van der Waals surface area contributed by atoms with Gasteiger partial charge in [0.05, 0.1) is 0 Å². The van der Waals surface area contributed by atoms with Gasteiger partial charge in [-0.3, -0.25) is 0 Å². The molecule has 2 nitrogen and oxygen atoms in total. The summed E-state index contributed by atoms with van der Waals surface area (Å²) in [6, 6.07) is 0. The number of nitrogens with zero attached hydrogens (tertiary/aromatic N) is 2. The number of likely N-dealkylation sites (N-methyl/N-ethyl adjacent to an activating group) is 1. The SMILES string of the molecule is CN1CCCN(C[C@H]2CC=CCC2)CC1. The largest absolute Gasteiger partial charge is 0.305 e. The molecule has 0 N–H and O–H groups in total. The van der Waals surface area contributed by atoms with Crippen LogP contribution in [0.1, 0.15) is 25.7 Å². The van der Waals surface area contributed by atoms with Gasteiger partial charge in [0.2, 0.25) is 0 Å². The first-order valence-corrected chi connectivity index (χ1v) is 6.40. The van der Waals surface area contributed by atoms with Crippen LogP contribution in [-0.4, -0.2) is 49.6 Å². The van der Waals surface area contributed by atoms with Gasteiger partial charge in [0.1, 0.15) is 0 Å². The van der Waals surface area contributed by atoms with E-state index in [0.717, 1.165) is 5.92 Å². The van der Waals surface area contributed by atoms with Gasteiger partial charge in [-0.15, -0.1) is 0 Å². The molecule has 0 unspecified atom stereocenters. The molecule has 2 aliphatic rings.